The zero-order valence-electron chi connectivity index (χ0n) is 7.59. The first-order chi connectivity index (χ1) is 6.38. The van der Waals surface area contributed by atoms with Crippen LogP contribution < -0.4 is 5.49 Å². The molecule has 4 heteroatoms. The molecule has 0 amide bonds. The summed E-state index contributed by atoms with van der Waals surface area (Å²) in [6, 6.07) is 5.63. The Morgan fingerprint density at radius 3 is 3.08 bits per heavy atom. The molecule has 1 N–H and O–H groups in total. The molecular weight excluding hydrogens is 166 g/mol. The smallest absolute Gasteiger partial charge is 0.155 e. The maximum absolute atomic E-state index is 8.77. The molecule has 70 valence electrons. The Balaban J connectivity index is 3.04. The van der Waals surface area contributed by atoms with E-state index in [4.69, 9.17) is 5.11 Å². The molecule has 0 saturated heterocycles. The minimum absolute atomic E-state index is 0.104. The SMILES string of the molecule is C/C=N\N=c1/ccccn1CCO. The van der Waals surface area contributed by atoms with Crippen molar-refractivity contribution in [1.82, 2.24) is 4.57 Å². The lowest BCUT2D eigenvalue weighted by Crippen LogP contribution is -2.20. The maximum atomic E-state index is 8.77. The van der Waals surface area contributed by atoms with Crippen LogP contribution in [0, 0.1) is 0 Å². The van der Waals surface area contributed by atoms with Crippen LogP contribution in [0.3, 0.4) is 0 Å². The lowest BCUT2D eigenvalue weighted by Gasteiger charge is -2.02. The van der Waals surface area contributed by atoms with Gasteiger partial charge in [-0.1, -0.05) is 6.07 Å². The van der Waals surface area contributed by atoms with Gasteiger partial charge >= 0.3 is 0 Å². The fourth-order valence-electron chi connectivity index (χ4n) is 0.972. The van der Waals surface area contributed by atoms with Gasteiger partial charge in [-0.3, -0.25) is 0 Å². The Morgan fingerprint density at radius 2 is 2.38 bits per heavy atom. The number of aliphatic hydroxyl groups excluding tert-OH is 1. The van der Waals surface area contributed by atoms with Gasteiger partial charge in [-0.2, -0.15) is 5.10 Å². The summed E-state index contributed by atoms with van der Waals surface area (Å²) in [5.74, 6) is 0. The zero-order chi connectivity index (χ0) is 9.52. The Labute approximate surface area is 76.9 Å². The van der Waals surface area contributed by atoms with Crippen LogP contribution in [0.1, 0.15) is 6.92 Å². The molecule has 0 aliphatic rings. The van der Waals surface area contributed by atoms with Gasteiger partial charge in [0.15, 0.2) is 5.49 Å². The normalized spacial score (nSPS) is 12.6. The van der Waals surface area contributed by atoms with Gasteiger partial charge in [0.1, 0.15) is 0 Å². The van der Waals surface area contributed by atoms with Crippen LogP contribution in [0.5, 0.6) is 0 Å². The third-order valence-corrected chi connectivity index (χ3v) is 1.53. The van der Waals surface area contributed by atoms with E-state index >= 15 is 0 Å². The molecule has 0 spiro atoms. The largest absolute Gasteiger partial charge is 0.395 e. The minimum Gasteiger partial charge on any atom is -0.395 e. The summed E-state index contributed by atoms with van der Waals surface area (Å²) in [5.41, 5.74) is 0.745. The topological polar surface area (TPSA) is 49.9 Å². The van der Waals surface area contributed by atoms with Crippen LogP contribution in [0.25, 0.3) is 0 Å². The minimum atomic E-state index is 0.104. The van der Waals surface area contributed by atoms with Crippen LogP contribution in [-0.2, 0) is 6.54 Å². The average molecular weight is 179 g/mol. The molecule has 1 heterocycles. The second-order valence-corrected chi connectivity index (χ2v) is 2.45. The molecule has 0 aromatic carbocycles. The molecule has 0 saturated carbocycles. The number of nitrogens with zero attached hydrogens (tertiary/aromatic N) is 3. The number of hydrogen-bond donors (Lipinski definition) is 1. The van der Waals surface area contributed by atoms with E-state index in [1.807, 2.05) is 35.9 Å². The second-order valence-electron chi connectivity index (χ2n) is 2.45. The fourth-order valence-corrected chi connectivity index (χ4v) is 0.972. The quantitative estimate of drug-likeness (QED) is 0.529. The van der Waals surface area contributed by atoms with Crippen molar-refractivity contribution >= 4 is 6.21 Å². The van der Waals surface area contributed by atoms with E-state index in [9.17, 15) is 0 Å². The first kappa shape index (κ1) is 9.67. The van der Waals surface area contributed by atoms with E-state index in [0.717, 1.165) is 5.49 Å². The molecule has 0 radical (unpaired) electrons. The van der Waals surface area contributed by atoms with Crippen molar-refractivity contribution in [2.75, 3.05) is 6.61 Å². The van der Waals surface area contributed by atoms with Crippen molar-refractivity contribution in [2.45, 2.75) is 13.5 Å². The summed E-state index contributed by atoms with van der Waals surface area (Å²) in [6.45, 7) is 2.45. The molecule has 4 nitrogen and oxygen atoms in total. The van der Waals surface area contributed by atoms with Crippen LogP contribution >= 0.6 is 0 Å². The zero-order valence-corrected chi connectivity index (χ0v) is 7.59. The average Bonchev–Trinajstić information content (AvgIpc) is 2.17. The summed E-state index contributed by atoms with van der Waals surface area (Å²) in [4.78, 5) is 0. The van der Waals surface area contributed by atoms with Crippen molar-refractivity contribution in [1.29, 1.82) is 0 Å². The number of rotatable bonds is 3. The number of aromatic nitrogens is 1. The predicted octanol–water partition coefficient (Wildman–Crippen LogP) is 0.387. The van der Waals surface area contributed by atoms with Gasteiger partial charge in [-0.05, 0) is 19.1 Å². The van der Waals surface area contributed by atoms with E-state index in [0.29, 0.717) is 6.54 Å². The highest BCUT2D eigenvalue weighted by Gasteiger charge is 1.89. The van der Waals surface area contributed by atoms with Gasteiger partial charge in [-0.15, -0.1) is 5.10 Å². The lowest BCUT2D eigenvalue weighted by molar-refractivity contribution is 0.273. The molecule has 1 aromatic rings. The van der Waals surface area contributed by atoms with E-state index in [1.54, 1.807) is 6.21 Å². The Morgan fingerprint density at radius 1 is 1.54 bits per heavy atom. The standard InChI is InChI=1S/C9H13N3O/c1-2-10-11-9-5-3-4-6-12(9)7-8-13/h2-6,13H,7-8H2,1H3/b10-2-,11-9+. The maximum Gasteiger partial charge on any atom is 0.155 e. The van der Waals surface area contributed by atoms with Crippen molar-refractivity contribution in [2.24, 2.45) is 10.2 Å². The summed E-state index contributed by atoms with van der Waals surface area (Å²) < 4.78 is 1.84. The van der Waals surface area contributed by atoms with Crippen molar-refractivity contribution in [3.8, 4) is 0 Å². The first-order valence-electron chi connectivity index (χ1n) is 4.16. The monoisotopic (exact) mass is 179 g/mol. The highest BCUT2D eigenvalue weighted by atomic mass is 16.3. The van der Waals surface area contributed by atoms with Gasteiger partial charge in [0.25, 0.3) is 0 Å². The molecule has 0 bridgehead atoms. The Kier molecular flexibility index (Phi) is 3.92. The summed E-state index contributed by atoms with van der Waals surface area (Å²) >= 11 is 0. The predicted molar refractivity (Wildman–Crippen MR) is 51.2 cm³/mol. The van der Waals surface area contributed by atoms with Crippen LogP contribution in [-0.4, -0.2) is 22.5 Å². The van der Waals surface area contributed by atoms with Crippen molar-refractivity contribution in [3.05, 3.63) is 29.9 Å². The van der Waals surface area contributed by atoms with E-state index < -0.39 is 0 Å². The van der Waals surface area contributed by atoms with Gasteiger partial charge < -0.3 is 9.67 Å². The lowest BCUT2D eigenvalue weighted by atomic mass is 10.4. The van der Waals surface area contributed by atoms with Crippen LogP contribution in [0.15, 0.2) is 34.6 Å². The highest BCUT2D eigenvalue weighted by molar-refractivity contribution is 5.52. The van der Waals surface area contributed by atoms with Gasteiger partial charge in [0.05, 0.1) is 6.61 Å². The van der Waals surface area contributed by atoms with Crippen molar-refractivity contribution < 1.29 is 5.11 Å². The van der Waals surface area contributed by atoms with Crippen LogP contribution in [0.4, 0.5) is 0 Å². The first-order valence-corrected chi connectivity index (χ1v) is 4.16. The summed E-state index contributed by atoms with van der Waals surface area (Å²) in [6.07, 6.45) is 3.48. The molecule has 13 heavy (non-hydrogen) atoms. The summed E-state index contributed by atoms with van der Waals surface area (Å²) in [7, 11) is 0. The van der Waals surface area contributed by atoms with Gasteiger partial charge in [-0.25, -0.2) is 0 Å². The molecular formula is C9H13N3O. The van der Waals surface area contributed by atoms with E-state index in [2.05, 4.69) is 10.2 Å². The van der Waals surface area contributed by atoms with Gasteiger partial charge in [0, 0.05) is 19.0 Å². The molecule has 0 aliphatic heterocycles. The molecule has 0 aliphatic carbocycles. The molecule has 1 rings (SSSR count). The molecule has 0 atom stereocenters. The fraction of sp³-hybridized carbons (Fsp3) is 0.333. The Hall–Kier alpha value is -1.42. The molecule has 1 aromatic heterocycles. The third kappa shape index (κ3) is 2.83. The highest BCUT2D eigenvalue weighted by Crippen LogP contribution is 1.82. The van der Waals surface area contributed by atoms with Gasteiger partial charge in [0.2, 0.25) is 0 Å². The molecule has 0 unspecified atom stereocenters. The summed E-state index contributed by atoms with van der Waals surface area (Å²) in [5, 5.41) is 16.5. The number of hydrogen-bond acceptors (Lipinski definition) is 3. The number of pyridine rings is 1. The van der Waals surface area contributed by atoms with E-state index in [1.165, 1.54) is 0 Å². The van der Waals surface area contributed by atoms with Crippen molar-refractivity contribution in [3.63, 3.8) is 0 Å². The Bertz CT molecular complexity index is 341. The van der Waals surface area contributed by atoms with E-state index in [-0.39, 0.29) is 6.61 Å². The molecule has 0 fully saturated rings. The second kappa shape index (κ2) is 5.27. The van der Waals surface area contributed by atoms with Crippen LogP contribution in [0.2, 0.25) is 0 Å². The number of aliphatic hydroxyl groups is 1. The third-order valence-electron chi connectivity index (χ3n) is 1.53.